The van der Waals surface area contributed by atoms with E-state index in [0.717, 1.165) is 11.3 Å². The number of halogens is 1. The number of urea groups is 1. The number of aromatic nitrogens is 1. The summed E-state index contributed by atoms with van der Waals surface area (Å²) >= 11 is 5.73. The summed E-state index contributed by atoms with van der Waals surface area (Å²) < 4.78 is 0. The fourth-order valence-corrected chi connectivity index (χ4v) is 1.63. The molecular weight excluding hydrogens is 264 g/mol. The number of rotatable bonds is 3. The summed E-state index contributed by atoms with van der Waals surface area (Å²) in [4.78, 5) is 15.7. The molecule has 0 bridgehead atoms. The maximum absolute atomic E-state index is 11.7. The van der Waals surface area contributed by atoms with Crippen LogP contribution in [0, 0.1) is 6.92 Å². The number of anilines is 2. The van der Waals surface area contributed by atoms with Gasteiger partial charge in [-0.25, -0.2) is 9.78 Å². The zero-order valence-corrected chi connectivity index (χ0v) is 11.0. The lowest BCUT2D eigenvalue weighted by atomic mass is 10.2. The van der Waals surface area contributed by atoms with Gasteiger partial charge in [-0.2, -0.15) is 0 Å². The molecule has 0 radical (unpaired) electrons. The Balaban J connectivity index is 1.90. The first-order chi connectivity index (χ1) is 9.15. The Morgan fingerprint density at radius 3 is 2.68 bits per heavy atom. The standard InChI is InChI=1S/C13H13ClN4O/c1-9-5-2-3-6-10(9)15-13(19)18-17-12-8-4-7-11(14)16-12/h2-8H,1H3,(H,16,17)(H2,15,18,19). The summed E-state index contributed by atoms with van der Waals surface area (Å²) in [5.41, 5.74) is 6.88. The van der Waals surface area contributed by atoms with Gasteiger partial charge < -0.3 is 5.32 Å². The number of amides is 2. The lowest BCUT2D eigenvalue weighted by Crippen LogP contribution is -2.34. The Labute approximate surface area is 116 Å². The molecule has 0 saturated heterocycles. The van der Waals surface area contributed by atoms with Crippen molar-refractivity contribution in [2.45, 2.75) is 6.92 Å². The lowest BCUT2D eigenvalue weighted by molar-refractivity contribution is 0.254. The van der Waals surface area contributed by atoms with Crippen molar-refractivity contribution in [1.82, 2.24) is 10.4 Å². The molecule has 0 aliphatic carbocycles. The Morgan fingerprint density at radius 1 is 1.16 bits per heavy atom. The molecule has 0 unspecified atom stereocenters. The van der Waals surface area contributed by atoms with Crippen molar-refractivity contribution in [3.63, 3.8) is 0 Å². The molecule has 0 spiro atoms. The second kappa shape index (κ2) is 6.06. The second-order valence-electron chi connectivity index (χ2n) is 3.86. The van der Waals surface area contributed by atoms with Crippen LogP contribution in [0.3, 0.4) is 0 Å². The van der Waals surface area contributed by atoms with Crippen molar-refractivity contribution in [3.05, 3.63) is 53.2 Å². The highest BCUT2D eigenvalue weighted by Gasteiger charge is 2.03. The van der Waals surface area contributed by atoms with E-state index in [2.05, 4.69) is 21.2 Å². The van der Waals surface area contributed by atoms with Crippen molar-refractivity contribution < 1.29 is 4.79 Å². The largest absolute Gasteiger partial charge is 0.337 e. The summed E-state index contributed by atoms with van der Waals surface area (Å²) in [5, 5.41) is 3.07. The van der Waals surface area contributed by atoms with Crippen molar-refractivity contribution >= 4 is 29.1 Å². The molecule has 0 fully saturated rings. The van der Waals surface area contributed by atoms with Crippen LogP contribution in [0.1, 0.15) is 5.56 Å². The van der Waals surface area contributed by atoms with Gasteiger partial charge in [0.1, 0.15) is 11.0 Å². The minimum Gasteiger partial charge on any atom is -0.306 e. The summed E-state index contributed by atoms with van der Waals surface area (Å²) in [7, 11) is 0. The molecule has 0 saturated carbocycles. The average molecular weight is 277 g/mol. The van der Waals surface area contributed by atoms with E-state index in [9.17, 15) is 4.79 Å². The maximum Gasteiger partial charge on any atom is 0.337 e. The summed E-state index contributed by atoms with van der Waals surface area (Å²) in [6.45, 7) is 1.92. The van der Waals surface area contributed by atoms with Crippen molar-refractivity contribution in [1.29, 1.82) is 0 Å². The molecular formula is C13H13ClN4O. The highest BCUT2D eigenvalue weighted by molar-refractivity contribution is 6.29. The summed E-state index contributed by atoms with van der Waals surface area (Å²) in [6, 6.07) is 12.2. The van der Waals surface area contributed by atoms with Gasteiger partial charge in [0, 0.05) is 5.69 Å². The molecule has 0 aliphatic rings. The van der Waals surface area contributed by atoms with Gasteiger partial charge in [0.2, 0.25) is 0 Å². The fourth-order valence-electron chi connectivity index (χ4n) is 1.47. The summed E-state index contributed by atoms with van der Waals surface area (Å²) in [6.07, 6.45) is 0. The first-order valence-electron chi connectivity index (χ1n) is 5.66. The van der Waals surface area contributed by atoms with Crippen LogP contribution in [0.5, 0.6) is 0 Å². The van der Waals surface area contributed by atoms with Gasteiger partial charge in [0.25, 0.3) is 0 Å². The molecule has 5 nitrogen and oxygen atoms in total. The quantitative estimate of drug-likeness (QED) is 0.596. The Morgan fingerprint density at radius 2 is 1.95 bits per heavy atom. The third-order valence-corrected chi connectivity index (χ3v) is 2.62. The zero-order valence-electron chi connectivity index (χ0n) is 10.3. The number of carbonyl (C=O) groups excluding carboxylic acids is 1. The minimum absolute atomic E-state index is 0.353. The molecule has 2 aromatic rings. The van der Waals surface area contributed by atoms with Gasteiger partial charge in [0.05, 0.1) is 0 Å². The van der Waals surface area contributed by atoms with Crippen LogP contribution in [0.4, 0.5) is 16.3 Å². The van der Waals surface area contributed by atoms with Crippen LogP contribution < -0.4 is 16.2 Å². The number of hydrogen-bond acceptors (Lipinski definition) is 3. The van der Waals surface area contributed by atoms with Crippen LogP contribution in [-0.2, 0) is 0 Å². The highest BCUT2D eigenvalue weighted by atomic mass is 35.5. The van der Waals surface area contributed by atoms with Crippen LogP contribution in [0.25, 0.3) is 0 Å². The number of pyridine rings is 1. The molecule has 2 rings (SSSR count). The van der Waals surface area contributed by atoms with E-state index >= 15 is 0 Å². The topological polar surface area (TPSA) is 66.1 Å². The van der Waals surface area contributed by atoms with Gasteiger partial charge in [-0.3, -0.25) is 10.9 Å². The molecule has 2 amide bonds. The molecule has 3 N–H and O–H groups in total. The van der Waals surface area contributed by atoms with Gasteiger partial charge in [-0.05, 0) is 30.7 Å². The summed E-state index contributed by atoms with van der Waals surface area (Å²) in [5.74, 6) is 0.465. The zero-order chi connectivity index (χ0) is 13.7. The molecule has 0 aliphatic heterocycles. The van der Waals surface area contributed by atoms with E-state index in [-0.39, 0.29) is 6.03 Å². The Kier molecular flexibility index (Phi) is 4.20. The Bertz CT molecular complexity index is 588. The average Bonchev–Trinajstić information content (AvgIpc) is 2.39. The monoisotopic (exact) mass is 276 g/mol. The fraction of sp³-hybridized carbons (Fsp3) is 0.0769. The van der Waals surface area contributed by atoms with E-state index in [1.165, 1.54) is 0 Å². The first-order valence-corrected chi connectivity index (χ1v) is 6.04. The molecule has 98 valence electrons. The molecule has 1 aromatic heterocycles. The van der Waals surface area contributed by atoms with E-state index in [1.54, 1.807) is 18.2 Å². The molecule has 1 heterocycles. The molecule has 1 aromatic carbocycles. The third-order valence-electron chi connectivity index (χ3n) is 2.41. The van der Waals surface area contributed by atoms with E-state index in [1.807, 2.05) is 31.2 Å². The van der Waals surface area contributed by atoms with Crippen LogP contribution in [0.2, 0.25) is 5.15 Å². The van der Waals surface area contributed by atoms with E-state index in [0.29, 0.717) is 11.0 Å². The van der Waals surface area contributed by atoms with Crippen LogP contribution >= 0.6 is 11.6 Å². The number of para-hydroxylation sites is 1. The highest BCUT2D eigenvalue weighted by Crippen LogP contribution is 2.12. The molecule has 0 atom stereocenters. The van der Waals surface area contributed by atoms with E-state index < -0.39 is 0 Å². The third kappa shape index (κ3) is 3.86. The number of aryl methyl sites for hydroxylation is 1. The lowest BCUT2D eigenvalue weighted by Gasteiger charge is -2.10. The number of benzene rings is 1. The predicted molar refractivity (Wildman–Crippen MR) is 76.2 cm³/mol. The number of hydrogen-bond donors (Lipinski definition) is 3. The number of nitrogens with one attached hydrogen (secondary N) is 3. The maximum atomic E-state index is 11.7. The van der Waals surface area contributed by atoms with Crippen molar-refractivity contribution in [3.8, 4) is 0 Å². The minimum atomic E-state index is -0.379. The van der Waals surface area contributed by atoms with Gasteiger partial charge >= 0.3 is 6.03 Å². The first kappa shape index (κ1) is 13.2. The van der Waals surface area contributed by atoms with Crippen molar-refractivity contribution in [2.24, 2.45) is 0 Å². The smallest absolute Gasteiger partial charge is 0.306 e. The predicted octanol–water partition coefficient (Wildman–Crippen LogP) is 3.19. The van der Waals surface area contributed by atoms with Gasteiger partial charge in [-0.15, -0.1) is 0 Å². The SMILES string of the molecule is Cc1ccccc1NC(=O)NNc1cccc(Cl)n1. The second-order valence-corrected chi connectivity index (χ2v) is 4.25. The molecule has 19 heavy (non-hydrogen) atoms. The Hall–Kier alpha value is -2.27. The number of hydrazine groups is 1. The van der Waals surface area contributed by atoms with Gasteiger partial charge in [0.15, 0.2) is 0 Å². The van der Waals surface area contributed by atoms with Crippen LogP contribution in [-0.4, -0.2) is 11.0 Å². The normalized spacial score (nSPS) is 9.79. The van der Waals surface area contributed by atoms with Gasteiger partial charge in [-0.1, -0.05) is 35.9 Å². The van der Waals surface area contributed by atoms with Crippen molar-refractivity contribution in [2.75, 3.05) is 10.7 Å². The number of carbonyl (C=O) groups is 1. The van der Waals surface area contributed by atoms with E-state index in [4.69, 9.17) is 11.6 Å². The molecule has 6 heteroatoms. The number of nitrogens with zero attached hydrogens (tertiary/aromatic N) is 1. The van der Waals surface area contributed by atoms with Crippen LogP contribution in [0.15, 0.2) is 42.5 Å².